The summed E-state index contributed by atoms with van der Waals surface area (Å²) < 4.78 is 0. The van der Waals surface area contributed by atoms with Gasteiger partial charge in [-0.1, -0.05) is 146 Å². The molecule has 0 radical (unpaired) electrons. The summed E-state index contributed by atoms with van der Waals surface area (Å²) in [4.78, 5) is 0. The van der Waals surface area contributed by atoms with Gasteiger partial charge in [-0.05, 0) is 99.9 Å². The quantitative estimate of drug-likeness (QED) is 0.162. The highest BCUT2D eigenvalue weighted by Gasteiger charge is 2.61. The van der Waals surface area contributed by atoms with Gasteiger partial charge in [-0.25, -0.2) is 0 Å². The van der Waals surface area contributed by atoms with Crippen LogP contribution in [0.5, 0.6) is 0 Å². The topological polar surface area (TPSA) is 0 Å². The summed E-state index contributed by atoms with van der Waals surface area (Å²) in [5, 5.41) is 0. The van der Waals surface area contributed by atoms with Crippen LogP contribution in [0.3, 0.4) is 0 Å². The highest BCUT2D eigenvalue weighted by molar-refractivity contribution is 5.50. The van der Waals surface area contributed by atoms with E-state index in [0.29, 0.717) is 29.1 Å². The Balaban J connectivity index is 0.00000134. The average Bonchev–Trinajstić information content (AvgIpc) is 3.21. The van der Waals surface area contributed by atoms with E-state index in [2.05, 4.69) is 105 Å². The van der Waals surface area contributed by atoms with Crippen LogP contribution in [0.25, 0.3) is 0 Å². The summed E-state index contributed by atoms with van der Waals surface area (Å²) in [5.41, 5.74) is 8.01. The zero-order chi connectivity index (χ0) is 28.8. The minimum atomic E-state index is 0. The van der Waals surface area contributed by atoms with Crippen molar-refractivity contribution in [3.63, 3.8) is 0 Å². The average molecular weight is 545 g/mol. The van der Waals surface area contributed by atoms with E-state index in [4.69, 9.17) is 6.58 Å². The monoisotopic (exact) mass is 545 g/mol. The second-order valence-electron chi connectivity index (χ2n) is 13.4. The Labute approximate surface area is 250 Å². The molecule has 0 heterocycles. The van der Waals surface area contributed by atoms with E-state index in [9.17, 15) is 0 Å². The molecule has 7 unspecified atom stereocenters. The lowest BCUT2D eigenvalue weighted by Gasteiger charge is -2.51. The zero-order valence-corrected chi connectivity index (χ0v) is 26.9. The maximum atomic E-state index is 4.80. The van der Waals surface area contributed by atoms with Crippen molar-refractivity contribution in [3.05, 3.63) is 83.6 Å². The Hall–Kier alpha value is -1.82. The fraction of sp³-hybridized carbons (Fsp3) is 0.650. The van der Waals surface area contributed by atoms with Crippen molar-refractivity contribution < 1.29 is 0 Å². The van der Waals surface area contributed by atoms with Crippen molar-refractivity contribution in [2.45, 2.75) is 127 Å². The normalized spacial score (nSPS) is 34.9. The van der Waals surface area contributed by atoms with Crippen LogP contribution in [0.1, 0.15) is 127 Å². The van der Waals surface area contributed by atoms with Gasteiger partial charge in [0.2, 0.25) is 0 Å². The van der Waals surface area contributed by atoms with Crippen molar-refractivity contribution in [1.82, 2.24) is 0 Å². The Morgan fingerprint density at radius 1 is 1.15 bits per heavy atom. The molecule has 4 aliphatic carbocycles. The number of hydrogen-bond donors (Lipinski definition) is 0. The Bertz CT molecular complexity index is 1020. The molecule has 0 nitrogen and oxygen atoms in total. The molecule has 0 saturated heterocycles. The van der Waals surface area contributed by atoms with Crippen LogP contribution in [0.2, 0.25) is 0 Å². The van der Waals surface area contributed by atoms with Crippen molar-refractivity contribution in [1.29, 1.82) is 0 Å². The molecule has 224 valence electrons. The molecule has 0 aromatic heterocycles. The molecule has 2 fully saturated rings. The smallest absolute Gasteiger partial charge is 0.0281 e. The van der Waals surface area contributed by atoms with E-state index < -0.39 is 0 Å². The van der Waals surface area contributed by atoms with Crippen LogP contribution in [0, 0.1) is 40.4 Å². The zero-order valence-electron chi connectivity index (χ0n) is 26.9. The fourth-order valence-corrected chi connectivity index (χ4v) is 8.99. The lowest BCUT2D eigenvalue weighted by molar-refractivity contribution is 0.0285. The summed E-state index contributed by atoms with van der Waals surface area (Å²) in [6.45, 7) is 27.7. The molecular formula is C40H64. The molecule has 0 spiro atoms. The van der Waals surface area contributed by atoms with E-state index in [1.54, 1.807) is 16.7 Å². The van der Waals surface area contributed by atoms with Gasteiger partial charge in [0.25, 0.3) is 0 Å². The van der Waals surface area contributed by atoms with E-state index in [1.807, 2.05) is 0 Å². The first-order valence-corrected chi connectivity index (χ1v) is 16.4. The molecule has 0 aromatic carbocycles. The van der Waals surface area contributed by atoms with Crippen LogP contribution < -0.4 is 0 Å². The molecule has 0 N–H and O–H groups in total. The van der Waals surface area contributed by atoms with Gasteiger partial charge in [-0.3, -0.25) is 0 Å². The van der Waals surface area contributed by atoms with Crippen LogP contribution in [-0.4, -0.2) is 0 Å². The van der Waals surface area contributed by atoms with Crippen LogP contribution in [0.4, 0.5) is 0 Å². The highest BCUT2D eigenvalue weighted by Crippen LogP contribution is 2.69. The van der Waals surface area contributed by atoms with Crippen LogP contribution >= 0.6 is 0 Å². The van der Waals surface area contributed by atoms with Crippen molar-refractivity contribution >= 4 is 0 Å². The van der Waals surface area contributed by atoms with E-state index >= 15 is 0 Å². The molecule has 7 atom stereocenters. The SMILES string of the molecule is C.C=C1C=CC2(C)C(=C1)CCC1C2=CCC(C)C2(CCCCC)C1CC(/C(C)=C/C=C\C)C2C(=C)CC.CCC. The van der Waals surface area contributed by atoms with Crippen molar-refractivity contribution in [3.8, 4) is 0 Å². The summed E-state index contributed by atoms with van der Waals surface area (Å²) in [6.07, 6.45) is 29.5. The van der Waals surface area contributed by atoms with Gasteiger partial charge in [0, 0.05) is 5.41 Å². The maximum absolute atomic E-state index is 4.80. The number of fused-ring (bicyclic) bond motifs is 5. The van der Waals surface area contributed by atoms with Gasteiger partial charge >= 0.3 is 0 Å². The van der Waals surface area contributed by atoms with Crippen LogP contribution in [0.15, 0.2) is 83.6 Å². The number of hydrogen-bond acceptors (Lipinski definition) is 0. The molecule has 2 saturated carbocycles. The number of allylic oxidation sites excluding steroid dienone is 12. The molecule has 0 bridgehead atoms. The lowest BCUT2D eigenvalue weighted by Crippen LogP contribution is -2.44. The largest absolute Gasteiger partial charge is 0.0995 e. The number of unbranched alkanes of at least 4 members (excludes halogenated alkanes) is 2. The molecule has 4 aliphatic rings. The Morgan fingerprint density at radius 3 is 2.48 bits per heavy atom. The van der Waals surface area contributed by atoms with Crippen molar-refractivity contribution in [2.75, 3.05) is 0 Å². The van der Waals surface area contributed by atoms with Crippen molar-refractivity contribution in [2.24, 2.45) is 40.4 Å². The molecule has 0 aliphatic heterocycles. The van der Waals surface area contributed by atoms with Gasteiger partial charge in [-0.2, -0.15) is 0 Å². The molecule has 0 aromatic rings. The molecule has 0 amide bonds. The summed E-state index contributed by atoms with van der Waals surface area (Å²) in [5.74, 6) is 3.32. The summed E-state index contributed by atoms with van der Waals surface area (Å²) in [7, 11) is 0. The molecular weight excluding hydrogens is 480 g/mol. The standard InChI is InChI=1S/C36H52.C3H8.CH4/c1-9-12-14-21-36-28(7)16-19-32-30(18-17-29-23-25(4)20-22-35(29,32)8)33(36)24-31(27(6)15-13-10-2)34(36)26(5)11-3;1-3-2;/h10,13,15,19-20,22-23,28,30-31,33-34H,4-5,9,11-12,14,16-18,21,24H2,1-3,6-8H3;3H2,1-2H3;1H4/b13-10-,27-15+;;. The minimum Gasteiger partial charge on any atom is -0.0995 e. The predicted molar refractivity (Wildman–Crippen MR) is 181 cm³/mol. The Morgan fingerprint density at radius 2 is 1.85 bits per heavy atom. The summed E-state index contributed by atoms with van der Waals surface area (Å²) in [6, 6.07) is 0. The van der Waals surface area contributed by atoms with Gasteiger partial charge in [0.1, 0.15) is 0 Å². The fourth-order valence-electron chi connectivity index (χ4n) is 8.99. The first kappa shape index (κ1) is 34.4. The van der Waals surface area contributed by atoms with Crippen LogP contribution in [-0.2, 0) is 0 Å². The second-order valence-corrected chi connectivity index (χ2v) is 13.4. The summed E-state index contributed by atoms with van der Waals surface area (Å²) >= 11 is 0. The van der Waals surface area contributed by atoms with Gasteiger partial charge in [-0.15, -0.1) is 0 Å². The minimum absolute atomic E-state index is 0. The maximum Gasteiger partial charge on any atom is 0.0281 e. The van der Waals surface area contributed by atoms with Gasteiger partial charge in [0.05, 0.1) is 0 Å². The third kappa shape index (κ3) is 6.32. The number of rotatable bonds is 8. The van der Waals surface area contributed by atoms with E-state index in [-0.39, 0.29) is 12.8 Å². The highest BCUT2D eigenvalue weighted by atomic mass is 14.7. The van der Waals surface area contributed by atoms with Gasteiger partial charge in [0.15, 0.2) is 0 Å². The first-order chi connectivity index (χ1) is 18.7. The Kier molecular flexibility index (Phi) is 12.8. The third-order valence-corrected chi connectivity index (χ3v) is 10.9. The van der Waals surface area contributed by atoms with E-state index in [0.717, 1.165) is 12.3 Å². The molecule has 0 heteroatoms. The third-order valence-electron chi connectivity index (χ3n) is 10.9. The molecule has 40 heavy (non-hydrogen) atoms. The van der Waals surface area contributed by atoms with Gasteiger partial charge < -0.3 is 0 Å². The first-order valence-electron chi connectivity index (χ1n) is 16.4. The van der Waals surface area contributed by atoms with E-state index in [1.165, 1.54) is 68.9 Å². The predicted octanol–water partition coefficient (Wildman–Crippen LogP) is 12.8. The molecule has 4 rings (SSSR count). The second kappa shape index (κ2) is 14.9. The lowest BCUT2D eigenvalue weighted by atomic mass is 9.53.